The van der Waals surface area contributed by atoms with Crippen LogP contribution in [0.1, 0.15) is 55.1 Å². The van der Waals surface area contributed by atoms with Crippen LogP contribution in [0.25, 0.3) is 0 Å². The van der Waals surface area contributed by atoms with Crippen molar-refractivity contribution >= 4 is 35.2 Å². The lowest BCUT2D eigenvalue weighted by Gasteiger charge is -2.41. The SMILES string of the molecule is CNc1cc(Cl)ccc1C1[C@@H](c2cccc(Cl)c2F)C(C=O)NC12CCCCC2. The molecular weight excluding hydrogens is 410 g/mol. The van der Waals surface area contributed by atoms with Gasteiger partial charge in [-0.2, -0.15) is 0 Å². The van der Waals surface area contributed by atoms with Crippen molar-refractivity contribution in [3.8, 4) is 0 Å². The molecule has 3 nitrogen and oxygen atoms in total. The van der Waals surface area contributed by atoms with Crippen molar-refractivity contribution in [1.29, 1.82) is 0 Å². The lowest BCUT2D eigenvalue weighted by atomic mass is 9.66. The molecule has 4 rings (SSSR count). The van der Waals surface area contributed by atoms with Crippen LogP contribution in [0.4, 0.5) is 10.1 Å². The number of anilines is 1. The van der Waals surface area contributed by atoms with Crippen molar-refractivity contribution in [3.63, 3.8) is 0 Å². The van der Waals surface area contributed by atoms with Crippen molar-refractivity contribution in [3.05, 3.63) is 63.4 Å². The van der Waals surface area contributed by atoms with Gasteiger partial charge in [-0.25, -0.2) is 4.39 Å². The Morgan fingerprint density at radius 3 is 2.59 bits per heavy atom. The Hall–Kier alpha value is -1.62. The number of carbonyl (C=O) groups excluding carboxylic acids is 1. The first-order valence-corrected chi connectivity index (χ1v) is 10.9. The summed E-state index contributed by atoms with van der Waals surface area (Å²) in [5.74, 6) is -0.867. The Bertz CT molecular complexity index is 914. The standard InChI is InChI=1S/C23H25Cl2FN2O/c1-27-18-12-14(24)8-9-15(18)21-20(16-6-5-7-17(25)22(16)26)19(13-29)28-23(21)10-3-2-4-11-23/h5-9,12-13,19-21,27-28H,2-4,10-11H2,1H3/t19?,20-,21?/m0/s1. The summed E-state index contributed by atoms with van der Waals surface area (Å²) in [4.78, 5) is 12.1. The first-order valence-electron chi connectivity index (χ1n) is 10.1. The van der Waals surface area contributed by atoms with Gasteiger partial charge in [-0.15, -0.1) is 0 Å². The summed E-state index contributed by atoms with van der Waals surface area (Å²) in [6.45, 7) is 0. The highest BCUT2D eigenvalue weighted by Gasteiger charge is 2.55. The minimum Gasteiger partial charge on any atom is -0.388 e. The molecule has 2 unspecified atom stereocenters. The average Bonchev–Trinajstić information content (AvgIpc) is 3.03. The van der Waals surface area contributed by atoms with E-state index in [0.717, 1.165) is 43.2 Å². The fraction of sp³-hybridized carbons (Fsp3) is 0.435. The summed E-state index contributed by atoms with van der Waals surface area (Å²) < 4.78 is 15.1. The first kappa shape index (κ1) is 20.6. The number of hydrogen-bond donors (Lipinski definition) is 2. The van der Waals surface area contributed by atoms with Gasteiger partial charge in [0.25, 0.3) is 0 Å². The van der Waals surface area contributed by atoms with E-state index in [-0.39, 0.29) is 22.4 Å². The second-order valence-corrected chi connectivity index (χ2v) is 8.99. The van der Waals surface area contributed by atoms with Gasteiger partial charge >= 0.3 is 0 Å². The predicted molar refractivity (Wildman–Crippen MR) is 117 cm³/mol. The molecule has 1 aliphatic heterocycles. The van der Waals surface area contributed by atoms with Crippen LogP contribution >= 0.6 is 23.2 Å². The molecule has 2 aromatic carbocycles. The Morgan fingerprint density at radius 1 is 1.14 bits per heavy atom. The number of carbonyl (C=O) groups is 1. The molecule has 2 fully saturated rings. The van der Waals surface area contributed by atoms with Gasteiger partial charge in [0.15, 0.2) is 0 Å². The molecule has 2 N–H and O–H groups in total. The van der Waals surface area contributed by atoms with E-state index in [1.54, 1.807) is 18.2 Å². The summed E-state index contributed by atoms with van der Waals surface area (Å²) in [6.07, 6.45) is 6.18. The minimum atomic E-state index is -0.480. The quantitative estimate of drug-likeness (QED) is 0.587. The van der Waals surface area contributed by atoms with Gasteiger partial charge < -0.3 is 15.4 Å². The van der Waals surface area contributed by atoms with E-state index in [1.165, 1.54) is 6.42 Å². The number of hydrogen-bond acceptors (Lipinski definition) is 3. The molecule has 29 heavy (non-hydrogen) atoms. The molecule has 6 heteroatoms. The highest BCUT2D eigenvalue weighted by atomic mass is 35.5. The van der Waals surface area contributed by atoms with E-state index in [2.05, 4.69) is 10.6 Å². The van der Waals surface area contributed by atoms with Gasteiger partial charge in [0.2, 0.25) is 0 Å². The van der Waals surface area contributed by atoms with Crippen molar-refractivity contribution in [2.45, 2.75) is 55.5 Å². The van der Waals surface area contributed by atoms with Gasteiger partial charge in [-0.1, -0.05) is 60.7 Å². The maximum Gasteiger partial charge on any atom is 0.145 e. The maximum absolute atomic E-state index is 15.1. The summed E-state index contributed by atoms with van der Waals surface area (Å²) in [5.41, 5.74) is 2.20. The zero-order valence-electron chi connectivity index (χ0n) is 16.4. The van der Waals surface area contributed by atoms with Gasteiger partial charge in [0.1, 0.15) is 12.1 Å². The molecule has 1 saturated carbocycles. The van der Waals surface area contributed by atoms with Crippen LogP contribution in [0.5, 0.6) is 0 Å². The van der Waals surface area contributed by atoms with Gasteiger partial charge in [-0.05, 0) is 42.2 Å². The molecule has 1 spiro atoms. The summed E-state index contributed by atoms with van der Waals surface area (Å²) in [5, 5.41) is 7.59. The number of nitrogens with one attached hydrogen (secondary N) is 2. The van der Waals surface area contributed by atoms with Gasteiger partial charge in [0.05, 0.1) is 11.1 Å². The fourth-order valence-electron chi connectivity index (χ4n) is 5.48. The van der Waals surface area contributed by atoms with Crippen molar-refractivity contribution in [2.24, 2.45) is 0 Å². The Kier molecular flexibility index (Phi) is 5.87. The van der Waals surface area contributed by atoms with E-state index in [0.29, 0.717) is 10.6 Å². The topological polar surface area (TPSA) is 41.1 Å². The predicted octanol–water partition coefficient (Wildman–Crippen LogP) is 5.92. The smallest absolute Gasteiger partial charge is 0.145 e. The van der Waals surface area contributed by atoms with Crippen LogP contribution in [-0.4, -0.2) is 24.9 Å². The fourth-order valence-corrected chi connectivity index (χ4v) is 5.83. The Balaban J connectivity index is 1.93. The minimum absolute atomic E-state index is 0.0781. The van der Waals surface area contributed by atoms with Gasteiger partial charge in [0, 0.05) is 35.1 Å². The molecule has 0 bridgehead atoms. The summed E-state index contributed by atoms with van der Waals surface area (Å²) >= 11 is 12.4. The molecule has 1 aliphatic carbocycles. The number of benzene rings is 2. The molecule has 2 aliphatic rings. The van der Waals surface area contributed by atoms with Crippen LogP contribution in [-0.2, 0) is 4.79 Å². The zero-order chi connectivity index (χ0) is 20.6. The molecule has 1 heterocycles. The normalized spacial score (nSPS) is 25.9. The maximum atomic E-state index is 15.1. The Labute approximate surface area is 181 Å². The summed E-state index contributed by atoms with van der Waals surface area (Å²) in [6, 6.07) is 10.4. The van der Waals surface area contributed by atoms with E-state index in [9.17, 15) is 4.79 Å². The average molecular weight is 435 g/mol. The highest BCUT2D eigenvalue weighted by molar-refractivity contribution is 6.31. The Morgan fingerprint density at radius 2 is 1.90 bits per heavy atom. The molecule has 0 amide bonds. The molecule has 154 valence electrons. The van der Waals surface area contributed by atoms with Crippen molar-refractivity contribution in [2.75, 3.05) is 12.4 Å². The molecule has 0 aromatic heterocycles. The van der Waals surface area contributed by atoms with Crippen LogP contribution in [0, 0.1) is 5.82 Å². The van der Waals surface area contributed by atoms with Crippen LogP contribution in [0.2, 0.25) is 10.0 Å². The third-order valence-corrected chi connectivity index (χ3v) is 7.18. The van der Waals surface area contributed by atoms with Crippen LogP contribution in [0.15, 0.2) is 36.4 Å². The van der Waals surface area contributed by atoms with Crippen LogP contribution in [0.3, 0.4) is 0 Å². The first-order chi connectivity index (χ1) is 14.0. The monoisotopic (exact) mass is 434 g/mol. The third-order valence-electron chi connectivity index (χ3n) is 6.65. The molecule has 1 saturated heterocycles. The second-order valence-electron chi connectivity index (χ2n) is 8.15. The number of halogens is 3. The second kappa shape index (κ2) is 8.25. The zero-order valence-corrected chi connectivity index (χ0v) is 17.9. The number of rotatable bonds is 4. The van der Waals surface area contributed by atoms with E-state index >= 15 is 4.39 Å². The largest absolute Gasteiger partial charge is 0.388 e. The van der Waals surface area contributed by atoms with Crippen LogP contribution < -0.4 is 10.6 Å². The van der Waals surface area contributed by atoms with E-state index in [4.69, 9.17) is 23.2 Å². The summed E-state index contributed by atoms with van der Waals surface area (Å²) in [7, 11) is 1.86. The molecule has 3 atom stereocenters. The third kappa shape index (κ3) is 3.56. The van der Waals surface area contributed by atoms with Gasteiger partial charge in [-0.3, -0.25) is 0 Å². The lowest BCUT2D eigenvalue weighted by molar-refractivity contribution is -0.109. The lowest BCUT2D eigenvalue weighted by Crippen LogP contribution is -2.48. The van der Waals surface area contributed by atoms with Crippen molar-refractivity contribution < 1.29 is 9.18 Å². The molecule has 0 radical (unpaired) electrons. The van der Waals surface area contributed by atoms with Crippen molar-refractivity contribution in [1.82, 2.24) is 5.32 Å². The van der Waals surface area contributed by atoms with E-state index in [1.807, 2.05) is 25.2 Å². The molecular formula is C23H25Cl2FN2O. The van der Waals surface area contributed by atoms with E-state index < -0.39 is 11.9 Å². The number of aldehydes is 1. The highest BCUT2D eigenvalue weighted by Crippen LogP contribution is 2.55. The molecule has 2 aromatic rings.